The predicted octanol–water partition coefficient (Wildman–Crippen LogP) is 3.86. The topological polar surface area (TPSA) is 108 Å². The van der Waals surface area contributed by atoms with Crippen molar-refractivity contribution < 1.29 is 19.2 Å². The number of hydrogen-bond donors (Lipinski definition) is 3. The third-order valence-electron chi connectivity index (χ3n) is 8.79. The monoisotopic (exact) mass is 508 g/mol. The molecule has 3 N–H and O–H groups in total. The summed E-state index contributed by atoms with van der Waals surface area (Å²) in [5.41, 5.74) is 1.70. The first-order valence-electron chi connectivity index (χ1n) is 14.1. The van der Waals surface area contributed by atoms with Gasteiger partial charge in [-0.25, -0.2) is 0 Å². The van der Waals surface area contributed by atoms with Crippen LogP contribution in [0.5, 0.6) is 0 Å². The van der Waals surface area contributed by atoms with Gasteiger partial charge in [0.2, 0.25) is 11.8 Å². The van der Waals surface area contributed by atoms with Gasteiger partial charge in [0, 0.05) is 24.2 Å². The third kappa shape index (κ3) is 5.59. The van der Waals surface area contributed by atoms with E-state index in [-0.39, 0.29) is 18.7 Å². The fraction of sp³-hybridized carbons (Fsp3) is 0.655. The standard InChI is InChI=1S/C29H40N4O4/c1-18-12-19-14-20(13-18)17-29(2,16-19)31-11-5-3-4-10-30-21-6-7-22-23(15-21)28(37)33(27(22)36)24-8-9-25(34)32-26(24)35/h6-7,15,18-20,24,30-31H,3-5,8-14,16-17H2,1-2H3,(H,32,34,35). The zero-order valence-electron chi connectivity index (χ0n) is 22.1. The number of rotatable bonds is 9. The van der Waals surface area contributed by atoms with E-state index in [1.807, 2.05) is 0 Å². The lowest BCUT2D eigenvalue weighted by Gasteiger charge is -2.47. The number of benzene rings is 1. The van der Waals surface area contributed by atoms with Crippen molar-refractivity contribution in [2.24, 2.45) is 17.8 Å². The van der Waals surface area contributed by atoms with E-state index in [1.54, 1.807) is 18.2 Å². The fourth-order valence-corrected chi connectivity index (χ4v) is 7.36. The molecule has 0 aromatic heterocycles. The molecule has 200 valence electrons. The molecule has 5 rings (SSSR count). The lowest BCUT2D eigenvalue weighted by Crippen LogP contribution is -2.54. The van der Waals surface area contributed by atoms with Gasteiger partial charge in [0.05, 0.1) is 11.1 Å². The van der Waals surface area contributed by atoms with Gasteiger partial charge in [-0.2, -0.15) is 0 Å². The van der Waals surface area contributed by atoms with Gasteiger partial charge in [-0.05, 0) is 101 Å². The molecule has 3 unspecified atom stereocenters. The number of carbonyl (C=O) groups excluding carboxylic acids is 4. The van der Waals surface area contributed by atoms with E-state index in [0.717, 1.165) is 60.7 Å². The number of nitrogens with one attached hydrogen (secondary N) is 3. The normalized spacial score (nSPS) is 31.4. The molecule has 2 bridgehead atoms. The van der Waals surface area contributed by atoms with Crippen LogP contribution in [0.25, 0.3) is 0 Å². The Morgan fingerprint density at radius 3 is 2.38 bits per heavy atom. The minimum atomic E-state index is -0.936. The highest BCUT2D eigenvalue weighted by Gasteiger charge is 2.44. The summed E-state index contributed by atoms with van der Waals surface area (Å²) in [6, 6.07) is 4.22. The molecule has 2 heterocycles. The van der Waals surface area contributed by atoms with Gasteiger partial charge in [-0.1, -0.05) is 13.3 Å². The second-order valence-corrected chi connectivity index (χ2v) is 12.1. The average Bonchev–Trinajstić information content (AvgIpc) is 3.07. The molecule has 0 spiro atoms. The average molecular weight is 509 g/mol. The third-order valence-corrected chi connectivity index (χ3v) is 8.79. The lowest BCUT2D eigenvalue weighted by atomic mass is 9.62. The number of imide groups is 2. The van der Waals surface area contributed by atoms with Crippen LogP contribution < -0.4 is 16.0 Å². The maximum Gasteiger partial charge on any atom is 0.262 e. The number of unbranched alkanes of at least 4 members (excludes halogenated alkanes) is 2. The SMILES string of the molecule is CC1CC2CC(C1)CC(C)(NCCCCCNc1ccc3c(c1)C(=O)N(C1CCC(=O)NC1=O)C3=O)C2. The summed E-state index contributed by atoms with van der Waals surface area (Å²) in [4.78, 5) is 50.5. The first-order valence-corrected chi connectivity index (χ1v) is 14.1. The number of fused-ring (bicyclic) bond motifs is 3. The Balaban J connectivity index is 1.05. The van der Waals surface area contributed by atoms with E-state index in [9.17, 15) is 19.2 Å². The summed E-state index contributed by atoms with van der Waals surface area (Å²) in [6.45, 7) is 6.68. The zero-order valence-corrected chi connectivity index (χ0v) is 22.1. The first kappa shape index (κ1) is 25.9. The zero-order chi connectivity index (χ0) is 26.2. The Hall–Kier alpha value is -2.74. The van der Waals surface area contributed by atoms with Crippen LogP contribution in [0.3, 0.4) is 0 Å². The molecular weight excluding hydrogens is 468 g/mol. The Bertz CT molecular complexity index is 1070. The van der Waals surface area contributed by atoms with Gasteiger partial charge in [-0.3, -0.25) is 29.4 Å². The minimum Gasteiger partial charge on any atom is -0.385 e. The van der Waals surface area contributed by atoms with E-state index < -0.39 is 23.8 Å². The molecule has 2 saturated carbocycles. The molecule has 4 aliphatic rings. The van der Waals surface area contributed by atoms with E-state index in [1.165, 1.54) is 32.1 Å². The molecule has 2 aliphatic heterocycles. The molecule has 8 nitrogen and oxygen atoms in total. The van der Waals surface area contributed by atoms with Crippen molar-refractivity contribution >= 4 is 29.3 Å². The van der Waals surface area contributed by atoms with Crippen molar-refractivity contribution in [1.29, 1.82) is 0 Å². The summed E-state index contributed by atoms with van der Waals surface area (Å²) in [6.07, 6.45) is 10.4. The van der Waals surface area contributed by atoms with Crippen LogP contribution in [-0.4, -0.2) is 53.2 Å². The van der Waals surface area contributed by atoms with Gasteiger partial charge in [0.25, 0.3) is 11.8 Å². The van der Waals surface area contributed by atoms with Crippen LogP contribution in [0.4, 0.5) is 5.69 Å². The van der Waals surface area contributed by atoms with E-state index in [2.05, 4.69) is 29.8 Å². The molecule has 0 radical (unpaired) electrons. The molecule has 4 amide bonds. The maximum atomic E-state index is 13.0. The summed E-state index contributed by atoms with van der Waals surface area (Å²) >= 11 is 0. The molecule has 3 atom stereocenters. The second kappa shape index (κ2) is 10.6. The van der Waals surface area contributed by atoms with Crippen LogP contribution in [0.2, 0.25) is 0 Å². The smallest absolute Gasteiger partial charge is 0.262 e. The molecule has 1 saturated heterocycles. The number of amides is 4. The molecular formula is C29H40N4O4. The summed E-state index contributed by atoms with van der Waals surface area (Å²) in [5.74, 6) is 0.783. The molecule has 1 aromatic carbocycles. The van der Waals surface area contributed by atoms with Crippen LogP contribution in [0.15, 0.2) is 18.2 Å². The highest BCUT2D eigenvalue weighted by atomic mass is 16.2. The lowest BCUT2D eigenvalue weighted by molar-refractivity contribution is -0.136. The van der Waals surface area contributed by atoms with Gasteiger partial charge in [-0.15, -0.1) is 0 Å². The number of anilines is 1. The van der Waals surface area contributed by atoms with E-state index >= 15 is 0 Å². The summed E-state index contributed by atoms with van der Waals surface area (Å²) in [5, 5.41) is 9.48. The Labute approximate surface area is 219 Å². The van der Waals surface area contributed by atoms with Gasteiger partial charge in [0.1, 0.15) is 6.04 Å². The molecule has 37 heavy (non-hydrogen) atoms. The van der Waals surface area contributed by atoms with Crippen LogP contribution >= 0.6 is 0 Å². The largest absolute Gasteiger partial charge is 0.385 e. The summed E-state index contributed by atoms with van der Waals surface area (Å²) in [7, 11) is 0. The predicted molar refractivity (Wildman–Crippen MR) is 141 cm³/mol. The van der Waals surface area contributed by atoms with Crippen molar-refractivity contribution in [3.05, 3.63) is 29.3 Å². The van der Waals surface area contributed by atoms with E-state index in [0.29, 0.717) is 16.7 Å². The van der Waals surface area contributed by atoms with Gasteiger partial charge in [0.15, 0.2) is 0 Å². The molecule has 8 heteroatoms. The van der Waals surface area contributed by atoms with Crippen molar-refractivity contribution in [3.8, 4) is 0 Å². The molecule has 2 aliphatic carbocycles. The Kier molecular flexibility index (Phi) is 7.39. The van der Waals surface area contributed by atoms with E-state index in [4.69, 9.17) is 0 Å². The number of nitrogens with zero attached hydrogens (tertiary/aromatic N) is 1. The minimum absolute atomic E-state index is 0.117. The highest BCUT2D eigenvalue weighted by Crippen LogP contribution is 2.46. The molecule has 3 fully saturated rings. The number of piperidine rings is 1. The Morgan fingerprint density at radius 1 is 0.946 bits per heavy atom. The highest BCUT2D eigenvalue weighted by molar-refractivity contribution is 6.23. The van der Waals surface area contributed by atoms with Crippen molar-refractivity contribution in [2.75, 3.05) is 18.4 Å². The second-order valence-electron chi connectivity index (χ2n) is 12.1. The maximum absolute atomic E-state index is 13.0. The quantitative estimate of drug-likeness (QED) is 0.345. The Morgan fingerprint density at radius 2 is 1.65 bits per heavy atom. The van der Waals surface area contributed by atoms with Crippen LogP contribution in [0.1, 0.15) is 98.8 Å². The first-order chi connectivity index (χ1) is 17.7. The van der Waals surface area contributed by atoms with Crippen molar-refractivity contribution in [3.63, 3.8) is 0 Å². The number of carbonyl (C=O) groups is 4. The van der Waals surface area contributed by atoms with Crippen molar-refractivity contribution in [2.45, 2.75) is 89.6 Å². The van der Waals surface area contributed by atoms with Crippen LogP contribution in [0, 0.1) is 17.8 Å². The molecule has 1 aromatic rings. The van der Waals surface area contributed by atoms with Gasteiger partial charge < -0.3 is 10.6 Å². The fourth-order valence-electron chi connectivity index (χ4n) is 7.36. The van der Waals surface area contributed by atoms with Crippen molar-refractivity contribution in [1.82, 2.24) is 15.5 Å². The van der Waals surface area contributed by atoms with Gasteiger partial charge >= 0.3 is 0 Å². The van der Waals surface area contributed by atoms with Crippen LogP contribution in [-0.2, 0) is 9.59 Å². The summed E-state index contributed by atoms with van der Waals surface area (Å²) < 4.78 is 0. The number of hydrogen-bond acceptors (Lipinski definition) is 6.